The van der Waals surface area contributed by atoms with Crippen molar-refractivity contribution >= 4 is 11.3 Å². The summed E-state index contributed by atoms with van der Waals surface area (Å²) in [6, 6.07) is -0.752. The van der Waals surface area contributed by atoms with Crippen LogP contribution in [0.25, 0.3) is 0 Å². The molecule has 1 aromatic rings. The molecule has 1 rings (SSSR count). The van der Waals surface area contributed by atoms with E-state index in [0.29, 0.717) is 6.54 Å². The van der Waals surface area contributed by atoms with Crippen molar-refractivity contribution in [3.63, 3.8) is 0 Å². The van der Waals surface area contributed by atoms with Crippen LogP contribution in [0.5, 0.6) is 0 Å². The predicted octanol–water partition coefficient (Wildman–Crippen LogP) is 2.49. The standard InChI is InChI=1S/C9H14F2N2S/c1-6(9-12-3-4-14-9)5-13-7(2)8(10)11/h3-4,6-8,13H,5H2,1-2H3. The van der Waals surface area contributed by atoms with Gasteiger partial charge in [0.25, 0.3) is 6.43 Å². The van der Waals surface area contributed by atoms with E-state index in [1.807, 2.05) is 12.3 Å². The number of thiazole rings is 1. The Morgan fingerprint density at radius 1 is 1.50 bits per heavy atom. The van der Waals surface area contributed by atoms with E-state index in [-0.39, 0.29) is 5.92 Å². The van der Waals surface area contributed by atoms with Crippen molar-refractivity contribution in [2.24, 2.45) is 0 Å². The smallest absolute Gasteiger partial charge is 0.253 e. The number of nitrogens with one attached hydrogen (secondary N) is 1. The molecule has 2 nitrogen and oxygen atoms in total. The topological polar surface area (TPSA) is 24.9 Å². The van der Waals surface area contributed by atoms with Crippen LogP contribution >= 0.6 is 11.3 Å². The first kappa shape index (κ1) is 11.5. The number of nitrogens with zero attached hydrogens (tertiary/aromatic N) is 1. The van der Waals surface area contributed by atoms with Crippen LogP contribution in [-0.2, 0) is 0 Å². The van der Waals surface area contributed by atoms with Crippen molar-refractivity contribution in [3.05, 3.63) is 16.6 Å². The van der Waals surface area contributed by atoms with E-state index in [2.05, 4.69) is 10.3 Å². The van der Waals surface area contributed by atoms with Crippen LogP contribution in [0, 0.1) is 0 Å². The second-order valence-electron chi connectivity index (χ2n) is 3.30. The Morgan fingerprint density at radius 3 is 2.71 bits per heavy atom. The quantitative estimate of drug-likeness (QED) is 0.824. The largest absolute Gasteiger partial charge is 0.308 e. The van der Waals surface area contributed by atoms with Crippen LogP contribution in [0.1, 0.15) is 24.8 Å². The number of rotatable bonds is 5. The summed E-state index contributed by atoms with van der Waals surface area (Å²) in [6.07, 6.45) is -0.578. The highest BCUT2D eigenvalue weighted by Gasteiger charge is 2.15. The normalized spacial score (nSPS) is 15.8. The van der Waals surface area contributed by atoms with Crippen molar-refractivity contribution in [1.29, 1.82) is 0 Å². The molecule has 14 heavy (non-hydrogen) atoms. The fourth-order valence-corrected chi connectivity index (χ4v) is 1.72. The van der Waals surface area contributed by atoms with Crippen molar-refractivity contribution in [1.82, 2.24) is 10.3 Å². The van der Waals surface area contributed by atoms with Gasteiger partial charge in [-0.25, -0.2) is 13.8 Å². The Balaban J connectivity index is 2.32. The molecule has 1 aromatic heterocycles. The van der Waals surface area contributed by atoms with Gasteiger partial charge in [-0.1, -0.05) is 6.92 Å². The molecule has 2 unspecified atom stereocenters. The van der Waals surface area contributed by atoms with E-state index in [0.717, 1.165) is 5.01 Å². The van der Waals surface area contributed by atoms with Gasteiger partial charge in [0.05, 0.1) is 11.0 Å². The summed E-state index contributed by atoms with van der Waals surface area (Å²) in [4.78, 5) is 4.13. The van der Waals surface area contributed by atoms with Gasteiger partial charge >= 0.3 is 0 Å². The molecule has 0 aliphatic carbocycles. The maximum atomic E-state index is 12.1. The molecule has 0 aromatic carbocycles. The maximum Gasteiger partial charge on any atom is 0.253 e. The molecule has 0 aliphatic rings. The third-order valence-electron chi connectivity index (χ3n) is 2.00. The summed E-state index contributed by atoms with van der Waals surface area (Å²) in [5, 5.41) is 5.66. The van der Waals surface area contributed by atoms with Gasteiger partial charge in [0.15, 0.2) is 0 Å². The van der Waals surface area contributed by atoms with Crippen LogP contribution in [0.15, 0.2) is 11.6 Å². The Labute approximate surface area is 86.4 Å². The van der Waals surface area contributed by atoms with E-state index in [1.54, 1.807) is 17.5 Å². The van der Waals surface area contributed by atoms with Crippen LogP contribution in [0.3, 0.4) is 0 Å². The lowest BCUT2D eigenvalue weighted by Gasteiger charge is -2.15. The molecule has 0 amide bonds. The van der Waals surface area contributed by atoms with E-state index in [1.165, 1.54) is 6.92 Å². The molecular weight excluding hydrogens is 206 g/mol. The second kappa shape index (κ2) is 5.36. The summed E-state index contributed by atoms with van der Waals surface area (Å²) in [5.74, 6) is 0.191. The molecule has 2 atom stereocenters. The molecule has 0 saturated heterocycles. The summed E-state index contributed by atoms with van der Waals surface area (Å²) in [6.45, 7) is 4.00. The van der Waals surface area contributed by atoms with Gasteiger partial charge in [-0.15, -0.1) is 11.3 Å². The van der Waals surface area contributed by atoms with Gasteiger partial charge in [0.1, 0.15) is 0 Å². The zero-order valence-electron chi connectivity index (χ0n) is 8.21. The van der Waals surface area contributed by atoms with Crippen LogP contribution in [-0.4, -0.2) is 24.0 Å². The van der Waals surface area contributed by atoms with Gasteiger partial charge in [0.2, 0.25) is 0 Å². The van der Waals surface area contributed by atoms with E-state index >= 15 is 0 Å². The Morgan fingerprint density at radius 2 is 2.21 bits per heavy atom. The molecule has 0 spiro atoms. The Hall–Kier alpha value is -0.550. The minimum absolute atomic E-state index is 0.191. The van der Waals surface area contributed by atoms with Crippen molar-refractivity contribution in [2.75, 3.05) is 6.54 Å². The Kier molecular flexibility index (Phi) is 4.41. The Bertz CT molecular complexity index is 251. The number of halogens is 2. The van der Waals surface area contributed by atoms with Gasteiger partial charge < -0.3 is 5.32 Å². The molecule has 0 bridgehead atoms. The molecule has 1 N–H and O–H groups in total. The van der Waals surface area contributed by atoms with E-state index in [4.69, 9.17) is 0 Å². The monoisotopic (exact) mass is 220 g/mol. The van der Waals surface area contributed by atoms with Crippen LogP contribution in [0.2, 0.25) is 0 Å². The van der Waals surface area contributed by atoms with E-state index in [9.17, 15) is 8.78 Å². The summed E-state index contributed by atoms with van der Waals surface area (Å²) >= 11 is 1.55. The molecule has 5 heteroatoms. The van der Waals surface area contributed by atoms with Gasteiger partial charge in [-0.2, -0.15) is 0 Å². The summed E-state index contributed by atoms with van der Waals surface area (Å²) in [5.41, 5.74) is 0. The lowest BCUT2D eigenvalue weighted by Crippen LogP contribution is -2.35. The molecule has 1 heterocycles. The third kappa shape index (κ3) is 3.31. The third-order valence-corrected chi connectivity index (χ3v) is 3.00. The molecule has 0 radical (unpaired) electrons. The zero-order chi connectivity index (χ0) is 10.6. The highest BCUT2D eigenvalue weighted by Crippen LogP contribution is 2.16. The first-order valence-corrected chi connectivity index (χ1v) is 5.40. The minimum atomic E-state index is -2.31. The predicted molar refractivity (Wildman–Crippen MR) is 54.0 cm³/mol. The van der Waals surface area contributed by atoms with Crippen LogP contribution in [0.4, 0.5) is 8.78 Å². The van der Waals surface area contributed by atoms with Crippen molar-refractivity contribution in [3.8, 4) is 0 Å². The molecule has 0 saturated carbocycles. The number of aromatic nitrogens is 1. The molecule has 0 aliphatic heterocycles. The number of alkyl halides is 2. The summed E-state index contributed by atoms with van der Waals surface area (Å²) in [7, 11) is 0. The van der Waals surface area contributed by atoms with Gasteiger partial charge in [-0.3, -0.25) is 0 Å². The van der Waals surface area contributed by atoms with Crippen LogP contribution < -0.4 is 5.32 Å². The van der Waals surface area contributed by atoms with Gasteiger partial charge in [-0.05, 0) is 6.92 Å². The number of hydrogen-bond acceptors (Lipinski definition) is 3. The summed E-state index contributed by atoms with van der Waals surface area (Å²) < 4.78 is 24.3. The number of hydrogen-bond donors (Lipinski definition) is 1. The fraction of sp³-hybridized carbons (Fsp3) is 0.667. The SMILES string of the molecule is CC(CNC(C)C(F)F)c1nccs1. The van der Waals surface area contributed by atoms with Gasteiger partial charge in [0, 0.05) is 24.0 Å². The molecular formula is C9H14F2N2S. The highest BCUT2D eigenvalue weighted by atomic mass is 32.1. The van der Waals surface area contributed by atoms with Crippen molar-refractivity contribution in [2.45, 2.75) is 32.2 Å². The molecule has 0 fully saturated rings. The molecule has 80 valence electrons. The lowest BCUT2D eigenvalue weighted by molar-refractivity contribution is 0.106. The first-order chi connectivity index (χ1) is 6.61. The average Bonchev–Trinajstić information content (AvgIpc) is 2.66. The zero-order valence-corrected chi connectivity index (χ0v) is 9.02. The maximum absolute atomic E-state index is 12.1. The highest BCUT2D eigenvalue weighted by molar-refractivity contribution is 7.09. The lowest BCUT2D eigenvalue weighted by atomic mass is 10.2. The first-order valence-electron chi connectivity index (χ1n) is 4.52. The second-order valence-corrected chi connectivity index (χ2v) is 4.23. The van der Waals surface area contributed by atoms with E-state index < -0.39 is 12.5 Å². The minimum Gasteiger partial charge on any atom is -0.308 e. The fourth-order valence-electron chi connectivity index (χ4n) is 1.02. The van der Waals surface area contributed by atoms with Crippen molar-refractivity contribution < 1.29 is 8.78 Å². The average molecular weight is 220 g/mol.